The van der Waals surface area contributed by atoms with E-state index in [1.54, 1.807) is 23.1 Å². The van der Waals surface area contributed by atoms with Gasteiger partial charge < -0.3 is 25.8 Å². The SMILES string of the molecule is CCN(CC)C(=O)COc1ccc(C2C(C#N)=C(N)SC(N)=C2C#N)cc1OC. The van der Waals surface area contributed by atoms with Gasteiger partial charge in [-0.1, -0.05) is 17.8 Å². The number of carbonyl (C=O) groups excluding carboxylic acids is 1. The van der Waals surface area contributed by atoms with Crippen molar-refractivity contribution < 1.29 is 14.3 Å². The van der Waals surface area contributed by atoms with Crippen LogP contribution in [-0.4, -0.2) is 37.6 Å². The van der Waals surface area contributed by atoms with Crippen LogP contribution in [-0.2, 0) is 4.79 Å². The number of nitrogens with two attached hydrogens (primary N) is 2. The predicted octanol–water partition coefficient (Wildman–Crippen LogP) is 2.16. The molecule has 0 spiro atoms. The molecule has 9 heteroatoms. The molecule has 152 valence electrons. The number of thioether (sulfide) groups is 1. The van der Waals surface area contributed by atoms with Crippen molar-refractivity contribution in [1.29, 1.82) is 10.5 Å². The van der Waals surface area contributed by atoms with Crippen LogP contribution >= 0.6 is 11.8 Å². The summed E-state index contributed by atoms with van der Waals surface area (Å²) in [5, 5.41) is 19.6. The van der Waals surface area contributed by atoms with Gasteiger partial charge in [0.15, 0.2) is 18.1 Å². The fourth-order valence-electron chi connectivity index (χ4n) is 3.02. The Morgan fingerprint density at radius 1 is 1.14 bits per heavy atom. The van der Waals surface area contributed by atoms with E-state index in [9.17, 15) is 15.3 Å². The second-order valence-electron chi connectivity index (χ2n) is 6.08. The number of hydrogen-bond donors (Lipinski definition) is 2. The van der Waals surface area contributed by atoms with Gasteiger partial charge in [-0.3, -0.25) is 4.79 Å². The van der Waals surface area contributed by atoms with E-state index in [2.05, 4.69) is 12.1 Å². The zero-order valence-electron chi connectivity index (χ0n) is 16.6. The molecule has 0 saturated heterocycles. The van der Waals surface area contributed by atoms with Crippen molar-refractivity contribution in [1.82, 2.24) is 4.90 Å². The largest absolute Gasteiger partial charge is 0.493 e. The van der Waals surface area contributed by atoms with Crippen LogP contribution in [0.15, 0.2) is 39.4 Å². The van der Waals surface area contributed by atoms with Crippen molar-refractivity contribution in [2.24, 2.45) is 11.5 Å². The zero-order chi connectivity index (χ0) is 21.6. The third kappa shape index (κ3) is 4.58. The Morgan fingerprint density at radius 3 is 2.21 bits per heavy atom. The van der Waals surface area contributed by atoms with E-state index in [0.717, 1.165) is 11.8 Å². The highest BCUT2D eigenvalue weighted by Crippen LogP contribution is 2.44. The van der Waals surface area contributed by atoms with Crippen LogP contribution in [0.4, 0.5) is 0 Å². The molecular weight excluding hydrogens is 390 g/mol. The highest BCUT2D eigenvalue weighted by Gasteiger charge is 2.31. The Hall–Kier alpha value is -3.30. The van der Waals surface area contributed by atoms with Gasteiger partial charge in [-0.05, 0) is 31.5 Å². The molecule has 8 nitrogen and oxygen atoms in total. The Morgan fingerprint density at radius 2 is 1.72 bits per heavy atom. The lowest BCUT2D eigenvalue weighted by atomic mass is 9.85. The molecule has 1 aliphatic heterocycles. The number of benzene rings is 1. The number of allylic oxidation sites excluding steroid dienone is 2. The van der Waals surface area contributed by atoms with Crippen LogP contribution in [0.1, 0.15) is 25.3 Å². The molecule has 0 bridgehead atoms. The molecule has 2 rings (SSSR count). The number of ether oxygens (including phenoxy) is 2. The molecule has 0 fully saturated rings. The maximum Gasteiger partial charge on any atom is 0.260 e. The molecule has 1 aromatic rings. The van der Waals surface area contributed by atoms with E-state index in [1.165, 1.54) is 7.11 Å². The molecule has 0 unspecified atom stereocenters. The normalized spacial score (nSPS) is 14.2. The predicted molar refractivity (Wildman–Crippen MR) is 110 cm³/mol. The minimum absolute atomic E-state index is 0.121. The summed E-state index contributed by atoms with van der Waals surface area (Å²) in [4.78, 5) is 13.8. The molecule has 4 N–H and O–H groups in total. The first-order chi connectivity index (χ1) is 13.9. The minimum atomic E-state index is -0.688. The smallest absolute Gasteiger partial charge is 0.260 e. The van der Waals surface area contributed by atoms with E-state index in [0.29, 0.717) is 30.2 Å². The summed E-state index contributed by atoms with van der Waals surface area (Å²) < 4.78 is 11.0. The lowest BCUT2D eigenvalue weighted by molar-refractivity contribution is -0.132. The molecule has 0 radical (unpaired) electrons. The van der Waals surface area contributed by atoms with E-state index >= 15 is 0 Å². The quantitative estimate of drug-likeness (QED) is 0.693. The summed E-state index contributed by atoms with van der Waals surface area (Å²) in [7, 11) is 1.47. The average molecular weight is 414 g/mol. The van der Waals surface area contributed by atoms with Gasteiger partial charge in [0.1, 0.15) is 0 Å². The molecule has 0 atom stereocenters. The molecule has 0 aromatic heterocycles. The Kier molecular flexibility index (Phi) is 7.40. The van der Waals surface area contributed by atoms with E-state index in [-0.39, 0.29) is 33.7 Å². The van der Waals surface area contributed by atoms with Gasteiger partial charge in [0.25, 0.3) is 5.91 Å². The first-order valence-electron chi connectivity index (χ1n) is 8.97. The van der Waals surface area contributed by atoms with Crippen LogP contribution in [0.2, 0.25) is 0 Å². The van der Waals surface area contributed by atoms with Crippen LogP contribution in [0.25, 0.3) is 0 Å². The second kappa shape index (κ2) is 9.76. The monoisotopic (exact) mass is 413 g/mol. The van der Waals surface area contributed by atoms with Gasteiger partial charge in [0.2, 0.25) is 0 Å². The summed E-state index contributed by atoms with van der Waals surface area (Å²) in [6, 6.07) is 9.16. The summed E-state index contributed by atoms with van der Waals surface area (Å²) in [5.41, 5.74) is 13.0. The number of hydrogen-bond acceptors (Lipinski definition) is 8. The second-order valence-corrected chi connectivity index (χ2v) is 7.16. The number of nitrogens with zero attached hydrogens (tertiary/aromatic N) is 3. The van der Waals surface area contributed by atoms with E-state index in [1.807, 2.05) is 13.8 Å². The fraction of sp³-hybridized carbons (Fsp3) is 0.350. The molecular formula is C20H23N5O3S. The number of rotatable bonds is 7. The van der Waals surface area contributed by atoms with Crippen LogP contribution in [0, 0.1) is 22.7 Å². The Balaban J connectivity index is 2.37. The summed E-state index contributed by atoms with van der Waals surface area (Å²) in [5.74, 6) is -0.0606. The van der Waals surface area contributed by atoms with E-state index in [4.69, 9.17) is 20.9 Å². The number of methoxy groups -OCH3 is 1. The highest BCUT2D eigenvalue weighted by molar-refractivity contribution is 8.06. The van der Waals surface area contributed by atoms with Gasteiger partial charge in [0.05, 0.1) is 46.4 Å². The topological polar surface area (TPSA) is 138 Å². The first kappa shape index (κ1) is 22.0. The molecule has 1 amide bonds. The lowest BCUT2D eigenvalue weighted by Crippen LogP contribution is -2.34. The summed E-state index contributed by atoms with van der Waals surface area (Å²) in [6.45, 7) is 4.88. The first-order valence-corrected chi connectivity index (χ1v) is 9.79. The van der Waals surface area contributed by atoms with Crippen molar-refractivity contribution in [2.75, 3.05) is 26.8 Å². The van der Waals surface area contributed by atoms with Crippen molar-refractivity contribution in [3.05, 3.63) is 45.0 Å². The molecule has 29 heavy (non-hydrogen) atoms. The van der Waals surface area contributed by atoms with Gasteiger partial charge in [-0.15, -0.1) is 0 Å². The van der Waals surface area contributed by atoms with Crippen molar-refractivity contribution in [3.63, 3.8) is 0 Å². The van der Waals surface area contributed by atoms with Gasteiger partial charge >= 0.3 is 0 Å². The van der Waals surface area contributed by atoms with Gasteiger partial charge in [0, 0.05) is 13.1 Å². The third-order valence-electron chi connectivity index (χ3n) is 4.56. The van der Waals surface area contributed by atoms with Crippen molar-refractivity contribution >= 4 is 17.7 Å². The average Bonchev–Trinajstić information content (AvgIpc) is 2.72. The summed E-state index contributed by atoms with van der Waals surface area (Å²) >= 11 is 1.01. The fourth-order valence-corrected chi connectivity index (χ4v) is 3.80. The molecule has 1 aliphatic rings. The molecule has 1 heterocycles. The number of likely N-dealkylation sites (N-methyl/N-ethyl adjacent to an activating group) is 1. The third-order valence-corrected chi connectivity index (χ3v) is 5.44. The van der Waals surface area contributed by atoms with E-state index < -0.39 is 5.92 Å². The van der Waals surface area contributed by atoms with Crippen molar-refractivity contribution in [3.8, 4) is 23.6 Å². The Bertz CT molecular complexity index is 902. The van der Waals surface area contributed by atoms with Crippen molar-refractivity contribution in [2.45, 2.75) is 19.8 Å². The standard InChI is InChI=1S/C20H23N5O3S/c1-4-25(5-2)17(26)11-28-15-7-6-12(8-16(15)27-3)18-13(9-21)19(23)29-20(24)14(18)10-22/h6-8,18H,4-5,11,23-24H2,1-3H3. The minimum Gasteiger partial charge on any atom is -0.493 e. The van der Waals surface area contributed by atoms with Crippen LogP contribution < -0.4 is 20.9 Å². The summed E-state index contributed by atoms with van der Waals surface area (Å²) in [6.07, 6.45) is 0. The highest BCUT2D eigenvalue weighted by atomic mass is 32.2. The van der Waals surface area contributed by atoms with Crippen LogP contribution in [0.3, 0.4) is 0 Å². The number of carbonyl (C=O) groups is 1. The Labute approximate surface area is 174 Å². The zero-order valence-corrected chi connectivity index (χ0v) is 17.4. The molecule has 0 saturated carbocycles. The van der Waals surface area contributed by atoms with Gasteiger partial charge in [-0.25, -0.2) is 0 Å². The lowest BCUT2D eigenvalue weighted by Gasteiger charge is -2.24. The maximum atomic E-state index is 12.2. The van der Waals surface area contributed by atoms with Gasteiger partial charge in [-0.2, -0.15) is 10.5 Å². The molecule has 1 aromatic carbocycles. The van der Waals surface area contributed by atoms with Crippen LogP contribution in [0.5, 0.6) is 11.5 Å². The number of nitriles is 2. The number of amides is 1. The molecule has 0 aliphatic carbocycles. The maximum absolute atomic E-state index is 12.2.